The highest BCUT2D eigenvalue weighted by molar-refractivity contribution is 8.14. The van der Waals surface area contributed by atoms with Crippen LogP contribution in [0.2, 0.25) is 0 Å². The van der Waals surface area contributed by atoms with Crippen molar-refractivity contribution >= 4 is 19.7 Å². The summed E-state index contributed by atoms with van der Waals surface area (Å²) in [7, 11) is 6.24. The quantitative estimate of drug-likeness (QED) is 0.754. The second kappa shape index (κ2) is 6.34. The van der Waals surface area contributed by atoms with Crippen molar-refractivity contribution in [2.24, 2.45) is 0 Å². The molecule has 1 unspecified atom stereocenters. The van der Waals surface area contributed by atoms with Crippen molar-refractivity contribution in [3.8, 4) is 17.2 Å². The third-order valence-electron chi connectivity index (χ3n) is 2.73. The highest BCUT2D eigenvalue weighted by atomic mass is 35.7. The summed E-state index contributed by atoms with van der Waals surface area (Å²) in [5.74, 6) is 1.43. The van der Waals surface area contributed by atoms with Crippen LogP contribution in [0.4, 0.5) is 0 Å². The van der Waals surface area contributed by atoms with Crippen molar-refractivity contribution in [3.63, 3.8) is 0 Å². The van der Waals surface area contributed by atoms with Crippen molar-refractivity contribution in [3.05, 3.63) is 17.7 Å². The topological polar surface area (TPSA) is 61.8 Å². The second-order valence-electron chi connectivity index (χ2n) is 4.02. The third-order valence-corrected chi connectivity index (χ3v) is 4.77. The Bertz CT molecular complexity index is 516. The van der Waals surface area contributed by atoms with Crippen LogP contribution in [0.25, 0.3) is 0 Å². The number of ether oxygens (including phenoxy) is 3. The van der Waals surface area contributed by atoms with E-state index in [2.05, 4.69) is 0 Å². The van der Waals surface area contributed by atoms with Crippen LogP contribution in [0.3, 0.4) is 0 Å². The summed E-state index contributed by atoms with van der Waals surface area (Å²) >= 11 is 0. The zero-order valence-corrected chi connectivity index (χ0v) is 12.8. The van der Waals surface area contributed by atoms with E-state index >= 15 is 0 Å². The summed E-state index contributed by atoms with van der Waals surface area (Å²) in [6, 6.07) is 3.42. The number of rotatable bonds is 6. The zero-order valence-electron chi connectivity index (χ0n) is 11.3. The number of hydrogen-bond acceptors (Lipinski definition) is 5. The second-order valence-corrected chi connectivity index (χ2v) is 7.07. The fourth-order valence-corrected chi connectivity index (χ4v) is 2.27. The molecule has 7 heteroatoms. The number of methoxy groups -OCH3 is 3. The molecule has 0 bridgehead atoms. The Kier molecular flexibility index (Phi) is 5.31. The summed E-state index contributed by atoms with van der Waals surface area (Å²) in [4.78, 5) is 0. The Morgan fingerprint density at radius 1 is 1.11 bits per heavy atom. The number of hydrogen-bond donors (Lipinski definition) is 0. The Hall–Kier alpha value is -1.14. The Balaban J connectivity index is 3.17. The molecule has 0 saturated carbocycles. The first-order chi connectivity index (χ1) is 8.83. The molecule has 0 fully saturated rings. The summed E-state index contributed by atoms with van der Waals surface area (Å²) in [5, 5.41) is -0.697. The van der Waals surface area contributed by atoms with Crippen molar-refractivity contribution in [1.82, 2.24) is 0 Å². The molecule has 1 aromatic rings. The summed E-state index contributed by atoms with van der Waals surface area (Å²) < 4.78 is 38.1. The molecule has 0 spiro atoms. The van der Waals surface area contributed by atoms with E-state index in [4.69, 9.17) is 24.9 Å². The summed E-state index contributed by atoms with van der Waals surface area (Å²) in [6.45, 7) is 1.55. The summed E-state index contributed by atoms with van der Waals surface area (Å²) in [5.41, 5.74) is 0.742. The minimum atomic E-state index is -3.60. The Morgan fingerprint density at radius 2 is 1.58 bits per heavy atom. The molecule has 0 aliphatic carbocycles. The van der Waals surface area contributed by atoms with Gasteiger partial charge in [-0.05, 0) is 31.0 Å². The molecule has 5 nitrogen and oxygen atoms in total. The molecule has 0 amide bonds. The average Bonchev–Trinajstić information content (AvgIpc) is 2.36. The first kappa shape index (κ1) is 15.9. The smallest absolute Gasteiger partial charge is 0.235 e. The van der Waals surface area contributed by atoms with Crippen LogP contribution >= 0.6 is 10.7 Å². The minimum absolute atomic E-state index is 0.266. The van der Waals surface area contributed by atoms with Crippen LogP contribution in [-0.4, -0.2) is 35.0 Å². The maximum atomic E-state index is 11.2. The monoisotopic (exact) mass is 308 g/mol. The van der Waals surface area contributed by atoms with Crippen LogP contribution in [0.5, 0.6) is 17.2 Å². The van der Waals surface area contributed by atoms with Crippen LogP contribution in [0.15, 0.2) is 12.1 Å². The van der Waals surface area contributed by atoms with E-state index in [1.807, 2.05) is 0 Å². The molecule has 1 rings (SSSR count). The van der Waals surface area contributed by atoms with E-state index < -0.39 is 14.3 Å². The van der Waals surface area contributed by atoms with Gasteiger partial charge in [0.2, 0.25) is 14.8 Å². The number of benzene rings is 1. The van der Waals surface area contributed by atoms with Gasteiger partial charge in [-0.3, -0.25) is 0 Å². The van der Waals surface area contributed by atoms with Crippen molar-refractivity contribution in [1.29, 1.82) is 0 Å². The van der Waals surface area contributed by atoms with Crippen molar-refractivity contribution < 1.29 is 22.6 Å². The Labute approximate surface area is 117 Å². The van der Waals surface area contributed by atoms with Gasteiger partial charge in [-0.2, -0.15) is 0 Å². The van der Waals surface area contributed by atoms with E-state index in [1.165, 1.54) is 21.3 Å². The van der Waals surface area contributed by atoms with Gasteiger partial charge < -0.3 is 14.2 Å². The lowest BCUT2D eigenvalue weighted by molar-refractivity contribution is 0.324. The zero-order chi connectivity index (χ0) is 14.6. The van der Waals surface area contributed by atoms with Gasteiger partial charge in [-0.15, -0.1) is 0 Å². The molecule has 0 aliphatic heterocycles. The maximum absolute atomic E-state index is 11.2. The van der Waals surface area contributed by atoms with E-state index in [0.29, 0.717) is 17.2 Å². The van der Waals surface area contributed by atoms with Crippen molar-refractivity contribution in [2.45, 2.75) is 18.6 Å². The van der Waals surface area contributed by atoms with Crippen molar-refractivity contribution in [2.75, 3.05) is 21.3 Å². The fourth-order valence-electron chi connectivity index (χ4n) is 1.68. The maximum Gasteiger partial charge on any atom is 0.235 e. The van der Waals surface area contributed by atoms with Crippen LogP contribution in [0.1, 0.15) is 12.5 Å². The lowest BCUT2D eigenvalue weighted by Crippen LogP contribution is -2.15. The highest BCUT2D eigenvalue weighted by Crippen LogP contribution is 2.38. The van der Waals surface area contributed by atoms with Gasteiger partial charge in [-0.25, -0.2) is 8.42 Å². The molecule has 0 N–H and O–H groups in total. The molecule has 0 saturated heterocycles. The average molecular weight is 309 g/mol. The van der Waals surface area contributed by atoms with E-state index in [0.717, 1.165) is 5.56 Å². The Morgan fingerprint density at radius 3 is 1.89 bits per heavy atom. The van der Waals surface area contributed by atoms with Gasteiger partial charge in [0.1, 0.15) is 0 Å². The molecule has 0 aliphatic rings. The molecule has 0 radical (unpaired) electrons. The lowest BCUT2D eigenvalue weighted by Gasteiger charge is -2.15. The fraction of sp³-hybridized carbons (Fsp3) is 0.500. The largest absolute Gasteiger partial charge is 0.493 e. The molecule has 0 heterocycles. The molecule has 108 valence electrons. The molecule has 19 heavy (non-hydrogen) atoms. The van der Waals surface area contributed by atoms with Crippen LogP contribution in [0, 0.1) is 0 Å². The highest BCUT2D eigenvalue weighted by Gasteiger charge is 2.20. The normalized spacial score (nSPS) is 12.9. The van der Waals surface area contributed by atoms with E-state index in [-0.39, 0.29) is 6.42 Å². The first-order valence-corrected chi connectivity index (χ1v) is 7.93. The third kappa shape index (κ3) is 3.91. The van der Waals surface area contributed by atoms with Crippen LogP contribution in [-0.2, 0) is 15.5 Å². The van der Waals surface area contributed by atoms with Gasteiger partial charge in [0.15, 0.2) is 11.5 Å². The SMILES string of the molecule is COc1cc(CC(C)S(=O)(=O)Cl)cc(OC)c1OC. The van der Waals surface area contributed by atoms with Gasteiger partial charge >= 0.3 is 0 Å². The van der Waals surface area contributed by atoms with Gasteiger partial charge in [0, 0.05) is 10.7 Å². The van der Waals surface area contributed by atoms with Gasteiger partial charge in [0.25, 0.3) is 0 Å². The first-order valence-electron chi connectivity index (χ1n) is 5.55. The molecular weight excluding hydrogens is 292 g/mol. The predicted octanol–water partition coefficient (Wildman–Crippen LogP) is 2.21. The molecule has 1 aromatic carbocycles. The molecular formula is C12H17ClO5S. The minimum Gasteiger partial charge on any atom is -0.493 e. The van der Waals surface area contributed by atoms with Gasteiger partial charge in [0.05, 0.1) is 26.6 Å². The number of halogens is 1. The standard InChI is InChI=1S/C12H17ClO5S/c1-8(19(13,14)15)5-9-6-10(16-2)12(18-4)11(7-9)17-3/h6-8H,5H2,1-4H3. The van der Waals surface area contributed by atoms with Crippen LogP contribution < -0.4 is 14.2 Å². The molecule has 1 atom stereocenters. The molecule has 0 aromatic heterocycles. The lowest BCUT2D eigenvalue weighted by atomic mass is 10.1. The predicted molar refractivity (Wildman–Crippen MR) is 74.0 cm³/mol. The van der Waals surface area contributed by atoms with E-state index in [1.54, 1.807) is 19.1 Å². The summed E-state index contributed by atoms with van der Waals surface area (Å²) in [6.07, 6.45) is 0.266. The van der Waals surface area contributed by atoms with Gasteiger partial charge in [-0.1, -0.05) is 0 Å². The van der Waals surface area contributed by atoms with E-state index in [9.17, 15) is 8.42 Å².